The second-order valence-electron chi connectivity index (χ2n) is 12.4. The van der Waals surface area contributed by atoms with Crippen molar-refractivity contribution in [3.05, 3.63) is 88.0 Å². The fraction of sp³-hybridized carbons (Fsp3) is 0.351. The topological polar surface area (TPSA) is 93.1 Å². The van der Waals surface area contributed by atoms with Crippen LogP contribution in [0.5, 0.6) is 51.7 Å². The fourth-order valence-corrected chi connectivity index (χ4v) is 7.22. The molecular weight excluding hydrogens is 584 g/mol. The summed E-state index contributed by atoms with van der Waals surface area (Å²) in [5.74, 6) is 3.50. The molecule has 0 aliphatic carbocycles. The minimum atomic E-state index is -0.140. The zero-order valence-corrected chi connectivity index (χ0v) is 26.9. The van der Waals surface area contributed by atoms with Crippen molar-refractivity contribution < 1.29 is 33.9 Å². The predicted octanol–water partition coefficient (Wildman–Crippen LogP) is 6.57. The molecule has 2 atom stereocenters. The Kier molecular flexibility index (Phi) is 7.82. The first kappa shape index (κ1) is 30.1. The molecule has 2 unspecified atom stereocenters. The first-order chi connectivity index (χ1) is 22.3. The van der Waals surface area contributed by atoms with Crippen molar-refractivity contribution in [2.45, 2.75) is 37.8 Å². The van der Waals surface area contributed by atoms with Crippen molar-refractivity contribution in [1.29, 1.82) is 0 Å². The Hall–Kier alpha value is -4.60. The third kappa shape index (κ3) is 5.13. The summed E-state index contributed by atoms with van der Waals surface area (Å²) in [4.78, 5) is 4.63. The summed E-state index contributed by atoms with van der Waals surface area (Å²) < 4.78 is 30.7. The molecule has 4 heterocycles. The van der Waals surface area contributed by atoms with Crippen molar-refractivity contribution >= 4 is 0 Å². The molecule has 6 bridgehead atoms. The lowest BCUT2D eigenvalue weighted by Gasteiger charge is -2.37. The van der Waals surface area contributed by atoms with Crippen molar-refractivity contribution in [2.75, 3.05) is 48.5 Å². The average molecular weight is 625 g/mol. The first-order valence-electron chi connectivity index (χ1n) is 15.7. The molecule has 2 N–H and O–H groups in total. The van der Waals surface area contributed by atoms with Gasteiger partial charge < -0.3 is 33.9 Å². The summed E-state index contributed by atoms with van der Waals surface area (Å²) in [6.07, 6.45) is 2.83. The highest BCUT2D eigenvalue weighted by Gasteiger charge is 2.37. The highest BCUT2D eigenvalue weighted by molar-refractivity contribution is 5.69. The Morgan fingerprint density at radius 3 is 2.15 bits per heavy atom. The molecule has 4 aromatic rings. The van der Waals surface area contributed by atoms with E-state index in [-0.39, 0.29) is 29.3 Å². The summed E-state index contributed by atoms with van der Waals surface area (Å²) in [5, 5.41) is 22.2. The second kappa shape index (κ2) is 12.0. The van der Waals surface area contributed by atoms with E-state index >= 15 is 0 Å². The Morgan fingerprint density at radius 2 is 1.41 bits per heavy atom. The molecule has 4 aliphatic heterocycles. The van der Waals surface area contributed by atoms with Gasteiger partial charge in [0.2, 0.25) is 11.5 Å². The van der Waals surface area contributed by atoms with Crippen LogP contribution in [0.1, 0.15) is 45.5 Å². The van der Waals surface area contributed by atoms with Gasteiger partial charge >= 0.3 is 0 Å². The van der Waals surface area contributed by atoms with Gasteiger partial charge in [0, 0.05) is 36.3 Å². The Bertz CT molecular complexity index is 1790. The highest BCUT2D eigenvalue weighted by Crippen LogP contribution is 2.56. The van der Waals surface area contributed by atoms with Gasteiger partial charge in [0.25, 0.3) is 0 Å². The summed E-state index contributed by atoms with van der Waals surface area (Å²) in [7, 11) is 8.97. The SMILES string of the molecule is COc1cc2c3cc1Oc1c(OC)c(OC)c(O)c4c1C(Cc1ccc(cc1)Oc1cc(ccc1O)CC3N(C)CC2)N(C)CC4. The van der Waals surface area contributed by atoms with Crippen LogP contribution >= 0.6 is 0 Å². The molecule has 0 saturated carbocycles. The van der Waals surface area contributed by atoms with Gasteiger partial charge in [-0.2, -0.15) is 0 Å². The minimum absolute atomic E-state index is 0.0385. The van der Waals surface area contributed by atoms with E-state index in [4.69, 9.17) is 23.7 Å². The van der Waals surface area contributed by atoms with E-state index in [9.17, 15) is 10.2 Å². The van der Waals surface area contributed by atoms with Crippen LogP contribution in [-0.2, 0) is 25.7 Å². The number of likely N-dealkylation sites (N-methyl/N-ethyl adjacent to an activating group) is 2. The van der Waals surface area contributed by atoms with Gasteiger partial charge in [0.15, 0.2) is 34.5 Å². The monoisotopic (exact) mass is 624 g/mol. The normalized spacial score (nSPS) is 19.2. The number of benzene rings is 4. The molecule has 0 radical (unpaired) electrons. The lowest BCUT2D eigenvalue weighted by Crippen LogP contribution is -2.34. The zero-order valence-electron chi connectivity index (χ0n) is 26.9. The summed E-state index contributed by atoms with van der Waals surface area (Å²) >= 11 is 0. The molecule has 4 aliphatic rings. The summed E-state index contributed by atoms with van der Waals surface area (Å²) in [6, 6.07) is 17.6. The van der Waals surface area contributed by atoms with Crippen LogP contribution in [0.3, 0.4) is 0 Å². The van der Waals surface area contributed by atoms with Gasteiger partial charge in [0.1, 0.15) is 5.75 Å². The van der Waals surface area contributed by atoms with Crippen LogP contribution in [0.25, 0.3) is 0 Å². The van der Waals surface area contributed by atoms with E-state index in [1.165, 1.54) is 12.7 Å². The smallest absolute Gasteiger partial charge is 0.208 e. The maximum atomic E-state index is 11.5. The zero-order chi connectivity index (χ0) is 32.1. The average Bonchev–Trinajstić information content (AvgIpc) is 3.06. The number of phenolic OH excluding ortho intramolecular Hbond substituents is 2. The molecule has 9 nitrogen and oxygen atoms in total. The van der Waals surface area contributed by atoms with Crippen molar-refractivity contribution in [2.24, 2.45) is 0 Å². The van der Waals surface area contributed by atoms with Crippen molar-refractivity contribution in [3.63, 3.8) is 0 Å². The molecule has 9 heteroatoms. The van der Waals surface area contributed by atoms with Gasteiger partial charge in [0.05, 0.1) is 21.3 Å². The number of aromatic hydroxyl groups is 2. The van der Waals surface area contributed by atoms with Crippen molar-refractivity contribution in [3.8, 4) is 51.7 Å². The van der Waals surface area contributed by atoms with Gasteiger partial charge in [-0.25, -0.2) is 0 Å². The molecule has 46 heavy (non-hydrogen) atoms. The van der Waals surface area contributed by atoms with Crippen LogP contribution in [0.4, 0.5) is 0 Å². The number of rotatable bonds is 3. The standard InChI is InChI=1S/C37H40N2O7/c1-38-14-12-23-19-31(42-3)32-20-26(23)27(38)17-22-8-11-29(40)30(18-22)45-24-9-6-21(7-10-24)16-28-33-25(13-15-39(28)2)34(41)36(43-4)37(44-5)35(33)46-32/h6-11,18-20,27-28,40-41H,12-17H2,1-5H3. The molecule has 4 aromatic carbocycles. The third-order valence-corrected chi connectivity index (χ3v) is 9.77. The van der Waals surface area contributed by atoms with E-state index in [1.807, 2.05) is 36.4 Å². The van der Waals surface area contributed by atoms with Crippen LogP contribution < -0.4 is 23.7 Å². The number of fused-ring (bicyclic) bond motifs is 2. The van der Waals surface area contributed by atoms with Gasteiger partial charge in [-0.05, 0) is 98.4 Å². The summed E-state index contributed by atoms with van der Waals surface area (Å²) in [6.45, 7) is 1.63. The molecular formula is C37H40N2O7. The maximum Gasteiger partial charge on any atom is 0.208 e. The van der Waals surface area contributed by atoms with Gasteiger partial charge in [-0.15, -0.1) is 0 Å². The first-order valence-corrected chi connectivity index (χ1v) is 15.7. The molecule has 8 rings (SSSR count). The molecule has 0 spiro atoms. The number of hydrogen-bond acceptors (Lipinski definition) is 9. The number of nitrogens with zero attached hydrogens (tertiary/aromatic N) is 2. The Labute approximate surface area is 269 Å². The van der Waals surface area contributed by atoms with Crippen molar-refractivity contribution in [1.82, 2.24) is 9.80 Å². The van der Waals surface area contributed by atoms with E-state index in [0.29, 0.717) is 53.8 Å². The van der Waals surface area contributed by atoms with Crippen LogP contribution in [-0.4, -0.2) is 68.5 Å². The number of hydrogen-bond donors (Lipinski definition) is 2. The highest BCUT2D eigenvalue weighted by atomic mass is 16.5. The molecule has 0 amide bonds. The van der Waals surface area contributed by atoms with E-state index in [2.05, 4.69) is 36.0 Å². The largest absolute Gasteiger partial charge is 0.504 e. The van der Waals surface area contributed by atoms with Crippen LogP contribution in [0.2, 0.25) is 0 Å². The van der Waals surface area contributed by atoms with Crippen LogP contribution in [0.15, 0.2) is 54.6 Å². The summed E-state index contributed by atoms with van der Waals surface area (Å²) in [5.41, 5.74) is 6.11. The molecule has 0 aromatic heterocycles. The predicted molar refractivity (Wildman–Crippen MR) is 174 cm³/mol. The number of ether oxygens (including phenoxy) is 5. The number of phenols is 2. The minimum Gasteiger partial charge on any atom is -0.504 e. The van der Waals surface area contributed by atoms with Gasteiger partial charge in [-0.3, -0.25) is 9.80 Å². The second-order valence-corrected chi connectivity index (χ2v) is 12.4. The van der Waals surface area contributed by atoms with Crippen LogP contribution in [0, 0.1) is 0 Å². The lowest BCUT2D eigenvalue weighted by atomic mass is 9.86. The van der Waals surface area contributed by atoms with E-state index in [0.717, 1.165) is 47.3 Å². The van der Waals surface area contributed by atoms with Gasteiger partial charge in [-0.1, -0.05) is 18.2 Å². The molecule has 0 fully saturated rings. The molecule has 240 valence electrons. The maximum absolute atomic E-state index is 11.5. The quantitative estimate of drug-likeness (QED) is 0.263. The lowest BCUT2D eigenvalue weighted by molar-refractivity contribution is 0.216. The van der Waals surface area contributed by atoms with E-state index < -0.39 is 0 Å². The third-order valence-electron chi connectivity index (χ3n) is 9.77. The number of methoxy groups -OCH3 is 3. The Morgan fingerprint density at radius 1 is 0.717 bits per heavy atom. The van der Waals surface area contributed by atoms with E-state index in [1.54, 1.807) is 20.3 Å². The Balaban J connectivity index is 1.48. The fourth-order valence-electron chi connectivity index (χ4n) is 7.22. The molecule has 0 saturated heterocycles.